The highest BCUT2D eigenvalue weighted by molar-refractivity contribution is 7.56. The summed E-state index contributed by atoms with van der Waals surface area (Å²) < 4.78 is 6.93. The van der Waals surface area contributed by atoms with E-state index in [1.807, 2.05) is 19.0 Å². The number of esters is 1. The molecule has 0 bridgehead atoms. The van der Waals surface area contributed by atoms with Crippen LogP contribution in [0.25, 0.3) is 0 Å². The lowest BCUT2D eigenvalue weighted by atomic mass is 9.94. The predicted octanol–water partition coefficient (Wildman–Crippen LogP) is 8.47. The van der Waals surface area contributed by atoms with Crippen LogP contribution in [-0.2, 0) is 27.3 Å². The first-order valence-corrected chi connectivity index (χ1v) is 21.3. The van der Waals surface area contributed by atoms with Gasteiger partial charge in [0, 0.05) is 29.0 Å². The fraction of sp³-hybridized carbons (Fsp3) is 0.816. The summed E-state index contributed by atoms with van der Waals surface area (Å²) >= 11 is 1.71. The van der Waals surface area contributed by atoms with E-state index in [0.717, 1.165) is 80.1 Å². The topological polar surface area (TPSA) is 79.0 Å². The molecular weight excluding hydrogens is 625 g/mol. The minimum Gasteiger partial charge on any atom is -0.465 e. The van der Waals surface area contributed by atoms with Crippen LogP contribution in [0.5, 0.6) is 0 Å². The molecule has 0 fully saturated rings. The number of hydrogen-bond acceptors (Lipinski definition) is 6. The standard InChI is InChI=1S/C38H68N3O4PS/c1-6-8-10-12-14-17-22-31(23-18-15-13-11-9-7-2)37(44)45-29-20-16-19-24-34(42)41-28-25-32-33(30-41)47-38(46-5)35(32)36(43)39-26-21-27-40(3)4/h31,46H,6-30H2,1-5H3,(H,39,43). The first-order valence-electron chi connectivity index (χ1n) is 19.0. The van der Waals surface area contributed by atoms with Crippen LogP contribution >= 0.6 is 19.9 Å². The molecule has 2 rings (SSSR count). The first-order chi connectivity index (χ1) is 22.8. The molecule has 1 aliphatic heterocycles. The van der Waals surface area contributed by atoms with Gasteiger partial charge in [-0.3, -0.25) is 14.4 Å². The second-order valence-corrected chi connectivity index (χ2v) is 16.2. The van der Waals surface area contributed by atoms with E-state index in [1.54, 1.807) is 11.3 Å². The molecule has 9 heteroatoms. The molecule has 0 aromatic carbocycles. The third kappa shape index (κ3) is 16.6. The number of rotatable bonds is 27. The number of thiophene rings is 1. The molecule has 1 aromatic heterocycles. The van der Waals surface area contributed by atoms with Crippen molar-refractivity contribution in [3.63, 3.8) is 0 Å². The van der Waals surface area contributed by atoms with Crippen molar-refractivity contribution in [2.45, 2.75) is 149 Å². The quantitative estimate of drug-likeness (QED) is 0.0569. The molecule has 0 saturated carbocycles. The van der Waals surface area contributed by atoms with Gasteiger partial charge in [0.15, 0.2) is 0 Å². The molecule has 2 heterocycles. The highest BCUT2D eigenvalue weighted by atomic mass is 32.1. The van der Waals surface area contributed by atoms with Gasteiger partial charge in [0.25, 0.3) is 5.91 Å². The average molecular weight is 694 g/mol. The van der Waals surface area contributed by atoms with E-state index in [4.69, 9.17) is 4.74 Å². The molecule has 0 radical (unpaired) electrons. The highest BCUT2D eigenvalue weighted by Crippen LogP contribution is 2.31. The van der Waals surface area contributed by atoms with Gasteiger partial charge in [-0.2, -0.15) is 0 Å². The van der Waals surface area contributed by atoms with Crippen molar-refractivity contribution in [2.24, 2.45) is 5.92 Å². The maximum absolute atomic E-state index is 13.1. The first kappa shape index (κ1) is 41.7. The van der Waals surface area contributed by atoms with Crippen LogP contribution in [0.3, 0.4) is 0 Å². The molecule has 0 spiro atoms. The maximum Gasteiger partial charge on any atom is 0.308 e. The number of nitrogens with one attached hydrogen (secondary N) is 1. The molecule has 2 amide bonds. The smallest absolute Gasteiger partial charge is 0.308 e. The van der Waals surface area contributed by atoms with E-state index in [0.29, 0.717) is 41.2 Å². The van der Waals surface area contributed by atoms with Gasteiger partial charge in [-0.05, 0) is 77.8 Å². The Morgan fingerprint density at radius 3 is 2.11 bits per heavy atom. The van der Waals surface area contributed by atoms with Crippen molar-refractivity contribution in [3.8, 4) is 0 Å². The summed E-state index contributed by atoms with van der Waals surface area (Å²) in [5.74, 6) is 0.270. The van der Waals surface area contributed by atoms with Crippen molar-refractivity contribution >= 4 is 42.3 Å². The number of hydrogen-bond donors (Lipinski definition) is 1. The summed E-state index contributed by atoms with van der Waals surface area (Å²) in [4.78, 5) is 44.4. The number of amides is 2. The van der Waals surface area contributed by atoms with Crippen LogP contribution in [0.1, 0.15) is 157 Å². The lowest BCUT2D eigenvalue weighted by molar-refractivity contribution is -0.149. The molecule has 1 aromatic rings. The third-order valence-corrected chi connectivity index (χ3v) is 12.0. The molecule has 7 nitrogen and oxygen atoms in total. The Kier molecular flexibility index (Phi) is 22.6. The minimum atomic E-state index is -0.00284. The zero-order chi connectivity index (χ0) is 34.3. The van der Waals surface area contributed by atoms with Gasteiger partial charge in [0.05, 0.1) is 24.6 Å². The monoisotopic (exact) mass is 693 g/mol. The van der Waals surface area contributed by atoms with E-state index < -0.39 is 0 Å². The lowest BCUT2D eigenvalue weighted by Crippen LogP contribution is -2.36. The number of carbonyl (C=O) groups is 3. The van der Waals surface area contributed by atoms with E-state index >= 15 is 0 Å². The normalized spacial score (nSPS) is 13.2. The Morgan fingerprint density at radius 1 is 0.872 bits per heavy atom. The maximum atomic E-state index is 13.1. The van der Waals surface area contributed by atoms with E-state index in [1.165, 1.54) is 69.1 Å². The van der Waals surface area contributed by atoms with Crippen molar-refractivity contribution in [1.82, 2.24) is 15.1 Å². The zero-order valence-electron chi connectivity index (χ0n) is 30.7. The van der Waals surface area contributed by atoms with Crippen LogP contribution in [0, 0.1) is 5.92 Å². The van der Waals surface area contributed by atoms with E-state index in [9.17, 15) is 14.4 Å². The number of unbranched alkanes of at least 4 members (excludes halogenated alkanes) is 12. The van der Waals surface area contributed by atoms with Crippen LogP contribution in [0.15, 0.2) is 0 Å². The van der Waals surface area contributed by atoms with Crippen LogP contribution < -0.4 is 9.94 Å². The Labute approximate surface area is 293 Å². The van der Waals surface area contributed by atoms with Gasteiger partial charge in [0.1, 0.15) is 0 Å². The molecule has 47 heavy (non-hydrogen) atoms. The molecule has 1 aliphatic rings. The summed E-state index contributed by atoms with van der Waals surface area (Å²) in [5, 5.41) is 3.12. The van der Waals surface area contributed by atoms with Crippen molar-refractivity contribution in [2.75, 3.05) is 47.0 Å². The van der Waals surface area contributed by atoms with Crippen LogP contribution in [0.4, 0.5) is 0 Å². The van der Waals surface area contributed by atoms with Gasteiger partial charge in [0.2, 0.25) is 5.91 Å². The molecule has 270 valence electrons. The Hall–Kier alpha value is -1.50. The molecule has 0 aliphatic carbocycles. The van der Waals surface area contributed by atoms with Crippen molar-refractivity contribution < 1.29 is 19.1 Å². The summed E-state index contributed by atoms with van der Waals surface area (Å²) in [6.45, 7) is 9.99. The molecule has 1 N–H and O–H groups in total. The molecular formula is C38H68N3O4PS. The fourth-order valence-corrected chi connectivity index (χ4v) is 8.85. The number of nitrogens with zero attached hydrogens (tertiary/aromatic N) is 2. The number of fused-ring (bicyclic) bond motifs is 1. The average Bonchev–Trinajstić information content (AvgIpc) is 3.44. The highest BCUT2D eigenvalue weighted by Gasteiger charge is 2.29. The summed E-state index contributed by atoms with van der Waals surface area (Å²) in [6, 6.07) is 0. The lowest BCUT2D eigenvalue weighted by Gasteiger charge is -2.27. The van der Waals surface area contributed by atoms with Crippen molar-refractivity contribution in [1.29, 1.82) is 0 Å². The van der Waals surface area contributed by atoms with Gasteiger partial charge in [-0.25, -0.2) is 0 Å². The van der Waals surface area contributed by atoms with Crippen LogP contribution in [0.2, 0.25) is 0 Å². The van der Waals surface area contributed by atoms with Gasteiger partial charge in [-0.1, -0.05) is 99.5 Å². The van der Waals surface area contributed by atoms with E-state index in [2.05, 4.69) is 30.7 Å². The van der Waals surface area contributed by atoms with Gasteiger partial charge < -0.3 is 19.9 Å². The van der Waals surface area contributed by atoms with E-state index in [-0.39, 0.29) is 23.7 Å². The Bertz CT molecular complexity index is 1010. The Balaban J connectivity index is 1.72. The molecule has 0 saturated heterocycles. The fourth-order valence-electron chi connectivity index (χ4n) is 6.44. The predicted molar refractivity (Wildman–Crippen MR) is 202 cm³/mol. The summed E-state index contributed by atoms with van der Waals surface area (Å²) in [6.07, 6.45) is 21.6. The summed E-state index contributed by atoms with van der Waals surface area (Å²) in [7, 11) is 4.65. The second kappa shape index (κ2) is 25.5. The number of ether oxygens (including phenoxy) is 1. The Morgan fingerprint density at radius 2 is 1.49 bits per heavy atom. The molecule has 1 atom stereocenters. The third-order valence-electron chi connectivity index (χ3n) is 9.36. The van der Waals surface area contributed by atoms with Crippen LogP contribution in [-0.4, -0.2) is 74.6 Å². The molecule has 1 unspecified atom stereocenters. The van der Waals surface area contributed by atoms with Gasteiger partial charge >= 0.3 is 5.97 Å². The SMILES string of the molecule is CCCCCCCCC(CCCCCCCC)C(=O)OCCCCCC(=O)N1CCc2c(sc(PC)c2C(=O)NCCCN(C)C)C1. The largest absolute Gasteiger partial charge is 0.465 e. The number of carbonyl (C=O) groups excluding carboxylic acids is 3. The zero-order valence-corrected chi connectivity index (χ0v) is 32.5. The minimum absolute atomic E-state index is 0.00284. The van der Waals surface area contributed by atoms with Gasteiger partial charge in [-0.15, -0.1) is 11.3 Å². The van der Waals surface area contributed by atoms with Crippen molar-refractivity contribution in [3.05, 3.63) is 16.0 Å². The second-order valence-electron chi connectivity index (χ2n) is 13.7. The summed E-state index contributed by atoms with van der Waals surface area (Å²) in [5.41, 5.74) is 2.03.